The molecule has 0 aromatic heterocycles. The third-order valence-electron chi connectivity index (χ3n) is 4.97. The number of carbonyl (C=O) groups is 1. The van der Waals surface area contributed by atoms with Crippen molar-refractivity contribution in [1.82, 2.24) is 9.80 Å². The fraction of sp³-hybridized carbons (Fsp3) is 0.435. The van der Waals surface area contributed by atoms with Gasteiger partial charge < -0.3 is 19.1 Å². The second-order valence-corrected chi connectivity index (χ2v) is 7.45. The first kappa shape index (κ1) is 21.0. The number of ether oxygens (including phenoxy) is 3. The molecule has 0 unspecified atom stereocenters. The van der Waals surface area contributed by atoms with Crippen LogP contribution in [0, 0.1) is 0 Å². The van der Waals surface area contributed by atoms with Crippen molar-refractivity contribution in [2.24, 2.45) is 0 Å². The highest BCUT2D eigenvalue weighted by Gasteiger charge is 2.23. The largest absolute Gasteiger partial charge is 0.493 e. The van der Waals surface area contributed by atoms with Gasteiger partial charge in [0.05, 0.1) is 20.3 Å². The molecule has 0 radical (unpaired) electrons. The second kappa shape index (κ2) is 9.65. The van der Waals surface area contributed by atoms with E-state index in [-0.39, 0.29) is 12.0 Å². The Bertz CT molecular complexity index is 829. The second-order valence-electron chi connectivity index (χ2n) is 7.45. The van der Waals surface area contributed by atoms with Crippen LogP contribution in [-0.2, 0) is 6.54 Å². The minimum Gasteiger partial charge on any atom is -0.493 e. The maximum Gasteiger partial charge on any atom is 0.254 e. The average molecular weight is 399 g/mol. The van der Waals surface area contributed by atoms with Crippen molar-refractivity contribution in [2.75, 3.05) is 40.4 Å². The Kier molecular flexibility index (Phi) is 6.99. The zero-order valence-corrected chi connectivity index (χ0v) is 17.7. The molecule has 1 amide bonds. The Morgan fingerprint density at radius 3 is 2.34 bits per heavy atom. The van der Waals surface area contributed by atoms with E-state index in [4.69, 9.17) is 14.2 Å². The van der Waals surface area contributed by atoms with Crippen LogP contribution in [0.2, 0.25) is 0 Å². The molecule has 2 aromatic rings. The van der Waals surface area contributed by atoms with Crippen LogP contribution in [0.4, 0.5) is 0 Å². The molecule has 3 rings (SSSR count). The Labute approximate surface area is 173 Å². The van der Waals surface area contributed by atoms with Gasteiger partial charge in [0.1, 0.15) is 5.75 Å². The van der Waals surface area contributed by atoms with E-state index in [2.05, 4.69) is 17.0 Å². The Balaban J connectivity index is 1.57. The summed E-state index contributed by atoms with van der Waals surface area (Å²) in [5, 5.41) is 0. The minimum atomic E-state index is 0.0259. The first-order valence-electron chi connectivity index (χ1n) is 9.99. The Morgan fingerprint density at radius 2 is 1.69 bits per heavy atom. The van der Waals surface area contributed by atoms with E-state index in [9.17, 15) is 4.79 Å². The van der Waals surface area contributed by atoms with Crippen LogP contribution in [0.25, 0.3) is 0 Å². The molecule has 1 aliphatic rings. The highest BCUT2D eigenvalue weighted by molar-refractivity contribution is 5.95. The zero-order valence-electron chi connectivity index (χ0n) is 17.7. The van der Waals surface area contributed by atoms with Gasteiger partial charge in [-0.2, -0.15) is 0 Å². The first-order chi connectivity index (χ1) is 14.0. The molecule has 0 atom stereocenters. The fourth-order valence-electron chi connectivity index (χ4n) is 3.51. The molecule has 0 spiro atoms. The molecule has 6 nitrogen and oxygen atoms in total. The van der Waals surface area contributed by atoms with Gasteiger partial charge in [-0.3, -0.25) is 9.69 Å². The SMILES string of the molecule is COc1ccc(C(=O)N2CCN(Cc3cccc(OC(C)C)c3)CC2)cc1OC. The van der Waals surface area contributed by atoms with Gasteiger partial charge in [0.2, 0.25) is 0 Å². The topological polar surface area (TPSA) is 51.2 Å². The molecular weight excluding hydrogens is 368 g/mol. The third-order valence-corrected chi connectivity index (χ3v) is 4.97. The van der Waals surface area contributed by atoms with Crippen molar-refractivity contribution in [3.8, 4) is 17.2 Å². The summed E-state index contributed by atoms with van der Waals surface area (Å²) in [5.41, 5.74) is 1.84. The number of methoxy groups -OCH3 is 2. The summed E-state index contributed by atoms with van der Waals surface area (Å²) in [6, 6.07) is 13.5. The van der Waals surface area contributed by atoms with Crippen molar-refractivity contribution in [2.45, 2.75) is 26.5 Å². The van der Waals surface area contributed by atoms with Gasteiger partial charge in [-0.15, -0.1) is 0 Å². The summed E-state index contributed by atoms with van der Waals surface area (Å²) < 4.78 is 16.4. The van der Waals surface area contributed by atoms with Crippen LogP contribution in [0.5, 0.6) is 17.2 Å². The number of carbonyl (C=O) groups excluding carboxylic acids is 1. The van der Waals surface area contributed by atoms with Gasteiger partial charge in [0, 0.05) is 38.3 Å². The first-order valence-corrected chi connectivity index (χ1v) is 9.99. The van der Waals surface area contributed by atoms with E-state index in [1.54, 1.807) is 32.4 Å². The third kappa shape index (κ3) is 5.41. The molecule has 29 heavy (non-hydrogen) atoms. The van der Waals surface area contributed by atoms with Crippen molar-refractivity contribution < 1.29 is 19.0 Å². The Morgan fingerprint density at radius 1 is 0.966 bits per heavy atom. The fourth-order valence-corrected chi connectivity index (χ4v) is 3.51. The molecule has 0 saturated carbocycles. The number of rotatable bonds is 7. The molecule has 1 aliphatic heterocycles. The molecular formula is C23H30N2O4. The van der Waals surface area contributed by atoms with Crippen molar-refractivity contribution in [3.05, 3.63) is 53.6 Å². The van der Waals surface area contributed by atoms with Crippen molar-refractivity contribution in [3.63, 3.8) is 0 Å². The standard InChI is InChI=1S/C23H30N2O4/c1-17(2)29-20-7-5-6-18(14-20)16-24-10-12-25(13-11-24)23(26)19-8-9-21(27-3)22(15-19)28-4/h5-9,14-15,17H,10-13,16H2,1-4H3. The number of hydrogen-bond acceptors (Lipinski definition) is 5. The molecule has 0 bridgehead atoms. The van der Waals surface area contributed by atoms with Crippen molar-refractivity contribution >= 4 is 5.91 Å². The van der Waals surface area contributed by atoms with Gasteiger partial charge in [-0.1, -0.05) is 12.1 Å². The molecule has 1 fully saturated rings. The molecule has 6 heteroatoms. The monoisotopic (exact) mass is 398 g/mol. The van der Waals surface area contributed by atoms with E-state index in [0.717, 1.165) is 25.4 Å². The number of nitrogens with zero attached hydrogens (tertiary/aromatic N) is 2. The van der Waals surface area contributed by atoms with Crippen LogP contribution >= 0.6 is 0 Å². The zero-order chi connectivity index (χ0) is 20.8. The maximum atomic E-state index is 12.9. The van der Waals surface area contributed by atoms with Crippen LogP contribution in [0.15, 0.2) is 42.5 Å². The normalized spacial score (nSPS) is 14.7. The lowest BCUT2D eigenvalue weighted by molar-refractivity contribution is 0.0628. The molecule has 2 aromatic carbocycles. The lowest BCUT2D eigenvalue weighted by atomic mass is 10.1. The van der Waals surface area contributed by atoms with Gasteiger partial charge in [-0.25, -0.2) is 0 Å². The summed E-state index contributed by atoms with van der Waals surface area (Å²) >= 11 is 0. The predicted molar refractivity (Wildman–Crippen MR) is 113 cm³/mol. The highest BCUT2D eigenvalue weighted by Crippen LogP contribution is 2.28. The molecule has 0 N–H and O–H groups in total. The highest BCUT2D eigenvalue weighted by atomic mass is 16.5. The molecule has 1 heterocycles. The number of hydrogen-bond donors (Lipinski definition) is 0. The van der Waals surface area contributed by atoms with E-state index in [0.29, 0.717) is 30.2 Å². The summed E-state index contributed by atoms with van der Waals surface area (Å²) in [6.45, 7) is 8.00. The lowest BCUT2D eigenvalue weighted by Crippen LogP contribution is -2.48. The maximum absolute atomic E-state index is 12.9. The molecule has 0 aliphatic carbocycles. The Hall–Kier alpha value is -2.73. The van der Waals surface area contributed by atoms with Gasteiger partial charge in [0.15, 0.2) is 11.5 Å². The minimum absolute atomic E-state index is 0.0259. The van der Waals surface area contributed by atoms with Gasteiger partial charge >= 0.3 is 0 Å². The number of piperazine rings is 1. The van der Waals surface area contributed by atoms with E-state index in [1.807, 2.05) is 30.9 Å². The summed E-state index contributed by atoms with van der Waals surface area (Å²) in [7, 11) is 3.16. The molecule has 1 saturated heterocycles. The average Bonchev–Trinajstić information content (AvgIpc) is 2.73. The van der Waals surface area contributed by atoms with E-state index >= 15 is 0 Å². The van der Waals surface area contributed by atoms with Crippen LogP contribution < -0.4 is 14.2 Å². The van der Waals surface area contributed by atoms with Crippen LogP contribution in [-0.4, -0.2) is 62.2 Å². The number of amides is 1. The lowest BCUT2D eigenvalue weighted by Gasteiger charge is -2.35. The molecule has 156 valence electrons. The smallest absolute Gasteiger partial charge is 0.254 e. The van der Waals surface area contributed by atoms with Crippen LogP contribution in [0.3, 0.4) is 0 Å². The van der Waals surface area contributed by atoms with E-state index in [1.165, 1.54) is 5.56 Å². The van der Waals surface area contributed by atoms with Crippen LogP contribution in [0.1, 0.15) is 29.8 Å². The quantitative estimate of drug-likeness (QED) is 0.715. The summed E-state index contributed by atoms with van der Waals surface area (Å²) in [6.07, 6.45) is 0.163. The van der Waals surface area contributed by atoms with Gasteiger partial charge in [0.25, 0.3) is 5.91 Å². The predicted octanol–water partition coefficient (Wildman–Crippen LogP) is 3.45. The van der Waals surface area contributed by atoms with Crippen molar-refractivity contribution in [1.29, 1.82) is 0 Å². The number of benzene rings is 2. The summed E-state index contributed by atoms with van der Waals surface area (Å²) in [4.78, 5) is 17.1. The van der Waals surface area contributed by atoms with E-state index < -0.39 is 0 Å². The van der Waals surface area contributed by atoms with Gasteiger partial charge in [-0.05, 0) is 49.7 Å². The summed E-state index contributed by atoms with van der Waals surface area (Å²) in [5.74, 6) is 2.12.